The maximum atomic E-state index is 8.77. The first-order valence-electron chi connectivity index (χ1n) is 6.03. The summed E-state index contributed by atoms with van der Waals surface area (Å²) >= 11 is 0. The summed E-state index contributed by atoms with van der Waals surface area (Å²) in [6.45, 7) is 4.62. The summed E-state index contributed by atoms with van der Waals surface area (Å²) in [6.07, 6.45) is 4.03. The van der Waals surface area contributed by atoms with Gasteiger partial charge in [0.25, 0.3) is 0 Å². The standard InChI is InChI=1S/C12H23N3O/c1-12(14,10-13)6-3-4-7-15(2)11-5-8-16-9-11/h11H,3-9,14H2,1-2H3. The number of unbranched alkanes of at least 4 members (excludes halogenated alkanes) is 1. The van der Waals surface area contributed by atoms with Gasteiger partial charge in [-0.05, 0) is 46.2 Å². The lowest BCUT2D eigenvalue weighted by Gasteiger charge is -2.23. The SMILES string of the molecule is CN(CCCCC(C)(N)C#N)C1CCOC1. The molecule has 0 aromatic rings. The molecular formula is C12H23N3O. The molecule has 1 aliphatic rings. The average molecular weight is 225 g/mol. The quantitative estimate of drug-likeness (QED) is 0.688. The zero-order valence-corrected chi connectivity index (χ0v) is 10.4. The van der Waals surface area contributed by atoms with E-state index in [2.05, 4.69) is 18.0 Å². The van der Waals surface area contributed by atoms with Crippen molar-refractivity contribution >= 4 is 0 Å². The second-order valence-electron chi connectivity index (χ2n) is 4.98. The summed E-state index contributed by atoms with van der Waals surface area (Å²) in [5.41, 5.74) is 5.10. The highest BCUT2D eigenvalue weighted by Crippen LogP contribution is 2.13. The summed E-state index contributed by atoms with van der Waals surface area (Å²) in [7, 11) is 2.14. The van der Waals surface area contributed by atoms with Crippen LogP contribution in [0.5, 0.6) is 0 Å². The highest BCUT2D eigenvalue weighted by molar-refractivity contribution is 5.00. The second-order valence-corrected chi connectivity index (χ2v) is 4.98. The number of nitriles is 1. The molecule has 0 spiro atoms. The van der Waals surface area contributed by atoms with Crippen LogP contribution in [0.25, 0.3) is 0 Å². The van der Waals surface area contributed by atoms with Gasteiger partial charge in [0.15, 0.2) is 0 Å². The molecule has 16 heavy (non-hydrogen) atoms. The Labute approximate surface area is 98.4 Å². The summed E-state index contributed by atoms with van der Waals surface area (Å²) in [4.78, 5) is 2.35. The van der Waals surface area contributed by atoms with Crippen LogP contribution in [0.3, 0.4) is 0 Å². The molecule has 1 fully saturated rings. The predicted molar refractivity (Wildman–Crippen MR) is 63.9 cm³/mol. The molecule has 4 nitrogen and oxygen atoms in total. The minimum Gasteiger partial charge on any atom is -0.380 e. The van der Waals surface area contributed by atoms with Crippen molar-refractivity contribution in [2.24, 2.45) is 5.73 Å². The molecule has 1 heterocycles. The molecule has 0 bridgehead atoms. The van der Waals surface area contributed by atoms with Crippen LogP contribution in [-0.4, -0.2) is 43.3 Å². The van der Waals surface area contributed by atoms with Crippen molar-refractivity contribution in [3.63, 3.8) is 0 Å². The maximum absolute atomic E-state index is 8.77. The van der Waals surface area contributed by atoms with Crippen molar-refractivity contribution < 1.29 is 4.74 Å². The number of nitrogens with two attached hydrogens (primary N) is 1. The van der Waals surface area contributed by atoms with Gasteiger partial charge < -0.3 is 15.4 Å². The van der Waals surface area contributed by atoms with Crippen molar-refractivity contribution in [3.05, 3.63) is 0 Å². The molecule has 92 valence electrons. The molecule has 0 amide bonds. The minimum atomic E-state index is -0.658. The van der Waals surface area contributed by atoms with E-state index in [4.69, 9.17) is 15.7 Å². The van der Waals surface area contributed by atoms with E-state index in [-0.39, 0.29) is 0 Å². The molecule has 0 aromatic carbocycles. The minimum absolute atomic E-state index is 0.584. The molecule has 2 unspecified atom stereocenters. The number of rotatable bonds is 6. The van der Waals surface area contributed by atoms with E-state index >= 15 is 0 Å². The smallest absolute Gasteiger partial charge is 0.101 e. The topological polar surface area (TPSA) is 62.3 Å². The Hall–Kier alpha value is -0.630. The highest BCUT2D eigenvalue weighted by atomic mass is 16.5. The first-order valence-corrected chi connectivity index (χ1v) is 6.03. The third kappa shape index (κ3) is 4.48. The molecule has 1 aliphatic heterocycles. The number of likely N-dealkylation sites (N-methyl/N-ethyl adjacent to an activating group) is 1. The van der Waals surface area contributed by atoms with Crippen molar-refractivity contribution in [3.8, 4) is 6.07 Å². The lowest BCUT2D eigenvalue weighted by molar-refractivity contribution is 0.158. The molecule has 2 atom stereocenters. The van der Waals surface area contributed by atoms with Gasteiger partial charge in [-0.3, -0.25) is 0 Å². The molecule has 0 aliphatic carbocycles. The second kappa shape index (κ2) is 6.19. The van der Waals surface area contributed by atoms with Crippen LogP contribution in [-0.2, 0) is 4.74 Å². The van der Waals surface area contributed by atoms with Gasteiger partial charge in [0.1, 0.15) is 5.54 Å². The van der Waals surface area contributed by atoms with Crippen LogP contribution < -0.4 is 5.73 Å². The maximum Gasteiger partial charge on any atom is 0.101 e. The Bertz CT molecular complexity index is 241. The zero-order valence-electron chi connectivity index (χ0n) is 10.4. The molecular weight excluding hydrogens is 202 g/mol. The van der Waals surface area contributed by atoms with E-state index in [0.717, 1.165) is 45.4 Å². The normalized spacial score (nSPS) is 24.3. The van der Waals surface area contributed by atoms with Crippen LogP contribution >= 0.6 is 0 Å². The third-order valence-corrected chi connectivity index (χ3v) is 3.24. The summed E-state index contributed by atoms with van der Waals surface area (Å²) in [5.74, 6) is 0. The zero-order chi connectivity index (χ0) is 12.0. The fourth-order valence-corrected chi connectivity index (χ4v) is 1.96. The number of nitrogens with zero attached hydrogens (tertiary/aromatic N) is 2. The molecule has 0 aromatic heterocycles. The largest absolute Gasteiger partial charge is 0.380 e. The van der Waals surface area contributed by atoms with Gasteiger partial charge in [-0.25, -0.2) is 0 Å². The van der Waals surface area contributed by atoms with Crippen molar-refractivity contribution in [1.29, 1.82) is 5.26 Å². The first-order chi connectivity index (χ1) is 7.55. The van der Waals surface area contributed by atoms with Gasteiger partial charge in [0, 0.05) is 12.6 Å². The van der Waals surface area contributed by atoms with Gasteiger partial charge >= 0.3 is 0 Å². The van der Waals surface area contributed by atoms with E-state index < -0.39 is 5.54 Å². The molecule has 1 saturated heterocycles. The van der Waals surface area contributed by atoms with E-state index in [1.54, 1.807) is 6.92 Å². The number of ether oxygens (including phenoxy) is 1. The van der Waals surface area contributed by atoms with E-state index in [9.17, 15) is 0 Å². The molecule has 2 N–H and O–H groups in total. The van der Waals surface area contributed by atoms with Crippen molar-refractivity contribution in [1.82, 2.24) is 4.90 Å². The van der Waals surface area contributed by atoms with Gasteiger partial charge in [0.2, 0.25) is 0 Å². The van der Waals surface area contributed by atoms with Crippen LogP contribution in [0.1, 0.15) is 32.6 Å². The lowest BCUT2D eigenvalue weighted by Crippen LogP contribution is -2.35. The van der Waals surface area contributed by atoms with Gasteiger partial charge in [0.05, 0.1) is 12.7 Å². The van der Waals surface area contributed by atoms with Crippen molar-refractivity contribution in [2.75, 3.05) is 26.8 Å². The van der Waals surface area contributed by atoms with Crippen LogP contribution in [0, 0.1) is 11.3 Å². The number of hydrogen-bond acceptors (Lipinski definition) is 4. The molecule has 0 saturated carbocycles. The fourth-order valence-electron chi connectivity index (χ4n) is 1.96. The van der Waals surface area contributed by atoms with Gasteiger partial charge in [-0.2, -0.15) is 5.26 Å². The predicted octanol–water partition coefficient (Wildman–Crippen LogP) is 1.12. The first kappa shape index (κ1) is 13.4. The highest BCUT2D eigenvalue weighted by Gasteiger charge is 2.20. The Balaban J connectivity index is 2.09. The lowest BCUT2D eigenvalue weighted by atomic mass is 9.98. The van der Waals surface area contributed by atoms with Gasteiger partial charge in [-0.15, -0.1) is 0 Å². The van der Waals surface area contributed by atoms with E-state index in [1.165, 1.54) is 0 Å². The van der Waals surface area contributed by atoms with Crippen molar-refractivity contribution in [2.45, 2.75) is 44.2 Å². The summed E-state index contributed by atoms with van der Waals surface area (Å²) < 4.78 is 5.35. The van der Waals surface area contributed by atoms with Crippen LogP contribution in [0.15, 0.2) is 0 Å². The Morgan fingerprint density at radius 2 is 2.31 bits per heavy atom. The van der Waals surface area contributed by atoms with Crippen LogP contribution in [0.4, 0.5) is 0 Å². The Morgan fingerprint density at radius 1 is 1.56 bits per heavy atom. The Kier molecular flexibility index (Phi) is 5.20. The monoisotopic (exact) mass is 225 g/mol. The Morgan fingerprint density at radius 3 is 2.88 bits per heavy atom. The van der Waals surface area contributed by atoms with E-state index in [1.807, 2.05) is 0 Å². The average Bonchev–Trinajstić information content (AvgIpc) is 2.77. The fraction of sp³-hybridized carbons (Fsp3) is 0.917. The molecule has 4 heteroatoms. The van der Waals surface area contributed by atoms with Gasteiger partial charge in [-0.1, -0.05) is 0 Å². The third-order valence-electron chi connectivity index (χ3n) is 3.24. The summed E-state index contributed by atoms with van der Waals surface area (Å²) in [5, 5.41) is 8.77. The summed E-state index contributed by atoms with van der Waals surface area (Å²) in [6, 6.07) is 2.71. The molecule has 1 rings (SSSR count). The van der Waals surface area contributed by atoms with E-state index in [0.29, 0.717) is 6.04 Å². The van der Waals surface area contributed by atoms with Crippen LogP contribution in [0.2, 0.25) is 0 Å². The molecule has 0 radical (unpaired) electrons. The number of hydrogen-bond donors (Lipinski definition) is 1.